The van der Waals surface area contributed by atoms with Crippen LogP contribution in [0.25, 0.3) is 10.2 Å². The number of para-hydroxylation sites is 1. The molecule has 0 radical (unpaired) electrons. The zero-order valence-corrected chi connectivity index (χ0v) is 16.4. The number of likely N-dealkylation sites (tertiary alicyclic amines) is 1. The van der Waals surface area contributed by atoms with Crippen molar-refractivity contribution in [1.29, 1.82) is 0 Å². The van der Waals surface area contributed by atoms with Crippen LogP contribution in [0.2, 0.25) is 0 Å². The molecule has 1 saturated heterocycles. The summed E-state index contributed by atoms with van der Waals surface area (Å²) in [6, 6.07) is 19.2. The van der Waals surface area contributed by atoms with Gasteiger partial charge in [0.25, 0.3) is 0 Å². The lowest BCUT2D eigenvalue weighted by Gasteiger charge is -2.36. The zero-order chi connectivity index (χ0) is 17.8. The molecule has 0 spiro atoms. The van der Waals surface area contributed by atoms with Crippen LogP contribution in [0.5, 0.6) is 0 Å². The van der Waals surface area contributed by atoms with Gasteiger partial charge in [0.2, 0.25) is 0 Å². The highest BCUT2D eigenvalue weighted by Gasteiger charge is 2.28. The first-order valence-corrected chi connectivity index (χ1v) is 10.5. The van der Waals surface area contributed by atoms with Gasteiger partial charge in [-0.3, -0.25) is 0 Å². The van der Waals surface area contributed by atoms with E-state index in [0.717, 1.165) is 36.6 Å². The number of thiazole rings is 1. The molecule has 1 aromatic heterocycles. The van der Waals surface area contributed by atoms with Gasteiger partial charge in [0.1, 0.15) is 5.01 Å². The summed E-state index contributed by atoms with van der Waals surface area (Å²) in [7, 11) is 0. The average Bonchev–Trinajstić information content (AvgIpc) is 3.13. The first-order chi connectivity index (χ1) is 12.8. The Morgan fingerprint density at radius 3 is 2.77 bits per heavy atom. The molecule has 0 amide bonds. The topological polar surface area (TPSA) is 28.2 Å². The van der Waals surface area contributed by atoms with Gasteiger partial charge in [0.15, 0.2) is 5.11 Å². The third-order valence-electron chi connectivity index (χ3n) is 4.89. The van der Waals surface area contributed by atoms with Crippen LogP contribution in [0.1, 0.15) is 35.9 Å². The molecule has 0 saturated carbocycles. The van der Waals surface area contributed by atoms with Crippen LogP contribution in [0.15, 0.2) is 54.6 Å². The lowest BCUT2D eigenvalue weighted by atomic mass is 10.0. The molecular formula is C21H23N3S2. The predicted molar refractivity (Wildman–Crippen MR) is 114 cm³/mol. The van der Waals surface area contributed by atoms with E-state index in [2.05, 4.69) is 64.8 Å². The van der Waals surface area contributed by atoms with E-state index in [4.69, 9.17) is 17.2 Å². The minimum absolute atomic E-state index is 0.304. The van der Waals surface area contributed by atoms with Crippen molar-refractivity contribution in [3.8, 4) is 0 Å². The maximum Gasteiger partial charge on any atom is 0.169 e. The van der Waals surface area contributed by atoms with Gasteiger partial charge in [0, 0.05) is 13.1 Å². The summed E-state index contributed by atoms with van der Waals surface area (Å²) in [5.41, 5.74) is 2.44. The van der Waals surface area contributed by atoms with Crippen molar-refractivity contribution in [3.05, 3.63) is 65.2 Å². The molecule has 0 aliphatic carbocycles. The van der Waals surface area contributed by atoms with E-state index in [0.29, 0.717) is 6.04 Å². The number of nitrogens with zero attached hydrogens (tertiary/aromatic N) is 2. The molecule has 26 heavy (non-hydrogen) atoms. The first kappa shape index (κ1) is 17.4. The smallest absolute Gasteiger partial charge is 0.169 e. The number of benzene rings is 2. The Morgan fingerprint density at radius 2 is 1.92 bits per heavy atom. The van der Waals surface area contributed by atoms with Crippen LogP contribution >= 0.6 is 23.6 Å². The van der Waals surface area contributed by atoms with Crippen molar-refractivity contribution in [2.24, 2.45) is 0 Å². The maximum absolute atomic E-state index is 5.74. The minimum atomic E-state index is 0.304. The highest BCUT2D eigenvalue weighted by atomic mass is 32.1. The number of hydrogen-bond acceptors (Lipinski definition) is 3. The van der Waals surface area contributed by atoms with Crippen LogP contribution in [0.4, 0.5) is 0 Å². The molecule has 2 aromatic carbocycles. The fourth-order valence-electron chi connectivity index (χ4n) is 3.52. The third kappa shape index (κ3) is 3.89. The molecule has 0 bridgehead atoms. The van der Waals surface area contributed by atoms with Gasteiger partial charge in [-0.25, -0.2) is 4.98 Å². The summed E-state index contributed by atoms with van der Waals surface area (Å²) in [4.78, 5) is 7.24. The van der Waals surface area contributed by atoms with Crippen molar-refractivity contribution in [1.82, 2.24) is 15.2 Å². The lowest BCUT2D eigenvalue weighted by Crippen LogP contribution is -2.45. The molecule has 1 aliphatic heterocycles. The van der Waals surface area contributed by atoms with Crippen LogP contribution in [0.3, 0.4) is 0 Å². The zero-order valence-electron chi connectivity index (χ0n) is 14.7. The highest BCUT2D eigenvalue weighted by Crippen LogP contribution is 2.35. The Labute approximate surface area is 164 Å². The first-order valence-electron chi connectivity index (χ1n) is 9.25. The van der Waals surface area contributed by atoms with Gasteiger partial charge in [-0.1, -0.05) is 42.5 Å². The van der Waals surface area contributed by atoms with Gasteiger partial charge >= 0.3 is 0 Å². The Kier molecular flexibility index (Phi) is 5.46. The SMILES string of the molecule is S=C(NCCc1ccccc1)N1CCCC[C@@H]1c1nc2ccccc2s1. The molecule has 5 heteroatoms. The summed E-state index contributed by atoms with van der Waals surface area (Å²) in [5.74, 6) is 0. The van der Waals surface area contributed by atoms with E-state index in [1.165, 1.54) is 28.1 Å². The van der Waals surface area contributed by atoms with Crippen molar-refractivity contribution in [3.63, 3.8) is 0 Å². The van der Waals surface area contributed by atoms with E-state index in [9.17, 15) is 0 Å². The summed E-state index contributed by atoms with van der Waals surface area (Å²) in [5, 5.41) is 5.53. The van der Waals surface area contributed by atoms with E-state index in [1.54, 1.807) is 11.3 Å². The van der Waals surface area contributed by atoms with Gasteiger partial charge in [0.05, 0.1) is 16.3 Å². The number of thiocarbonyl (C=S) groups is 1. The summed E-state index contributed by atoms with van der Waals surface area (Å²) in [6.07, 6.45) is 4.55. The summed E-state index contributed by atoms with van der Waals surface area (Å²) < 4.78 is 1.26. The Morgan fingerprint density at radius 1 is 1.12 bits per heavy atom. The van der Waals surface area contributed by atoms with Crippen molar-refractivity contribution in [2.45, 2.75) is 31.7 Å². The molecule has 1 N–H and O–H groups in total. The molecule has 134 valence electrons. The number of aromatic nitrogens is 1. The van der Waals surface area contributed by atoms with Gasteiger partial charge in [-0.05, 0) is 55.6 Å². The predicted octanol–water partition coefficient (Wildman–Crippen LogP) is 4.94. The molecule has 1 aliphatic rings. The number of hydrogen-bond donors (Lipinski definition) is 1. The highest BCUT2D eigenvalue weighted by molar-refractivity contribution is 7.80. The number of piperidine rings is 1. The molecule has 0 unspecified atom stereocenters. The molecule has 3 nitrogen and oxygen atoms in total. The second-order valence-corrected chi connectivity index (χ2v) is 8.14. The maximum atomic E-state index is 5.74. The second kappa shape index (κ2) is 8.14. The van der Waals surface area contributed by atoms with Gasteiger partial charge in [-0.15, -0.1) is 11.3 Å². The third-order valence-corrected chi connectivity index (χ3v) is 6.41. The molecular weight excluding hydrogens is 358 g/mol. The van der Waals surface area contributed by atoms with Crippen molar-refractivity contribution < 1.29 is 0 Å². The quantitative estimate of drug-likeness (QED) is 0.648. The van der Waals surface area contributed by atoms with Gasteiger partial charge < -0.3 is 10.2 Å². The Bertz CT molecular complexity index is 842. The van der Waals surface area contributed by atoms with Crippen molar-refractivity contribution in [2.75, 3.05) is 13.1 Å². The Balaban J connectivity index is 1.43. The molecule has 3 aromatic rings. The molecule has 1 atom stereocenters. The fourth-order valence-corrected chi connectivity index (χ4v) is 4.96. The van der Waals surface area contributed by atoms with E-state index in [1.807, 2.05) is 0 Å². The van der Waals surface area contributed by atoms with Crippen LogP contribution in [-0.4, -0.2) is 28.1 Å². The van der Waals surface area contributed by atoms with Crippen LogP contribution < -0.4 is 5.32 Å². The normalized spacial score (nSPS) is 17.4. The van der Waals surface area contributed by atoms with E-state index in [-0.39, 0.29) is 0 Å². The molecule has 4 rings (SSSR count). The minimum Gasteiger partial charge on any atom is -0.362 e. The summed E-state index contributed by atoms with van der Waals surface area (Å²) >= 11 is 7.54. The average molecular weight is 382 g/mol. The summed E-state index contributed by atoms with van der Waals surface area (Å²) in [6.45, 7) is 1.88. The standard InChI is InChI=1S/C21H23N3S2/c25-21(22-14-13-16-8-2-1-3-9-16)24-15-7-6-11-18(24)20-23-17-10-4-5-12-19(17)26-20/h1-5,8-10,12,18H,6-7,11,13-15H2,(H,22,25)/t18-/m1/s1. The fraction of sp³-hybridized carbons (Fsp3) is 0.333. The second-order valence-electron chi connectivity index (χ2n) is 6.69. The largest absolute Gasteiger partial charge is 0.362 e. The number of nitrogens with one attached hydrogen (secondary N) is 1. The molecule has 1 fully saturated rings. The number of fused-ring (bicyclic) bond motifs is 1. The van der Waals surface area contributed by atoms with Crippen molar-refractivity contribution >= 4 is 38.9 Å². The van der Waals surface area contributed by atoms with Gasteiger partial charge in [-0.2, -0.15) is 0 Å². The van der Waals surface area contributed by atoms with Crippen LogP contribution in [0, 0.1) is 0 Å². The van der Waals surface area contributed by atoms with E-state index >= 15 is 0 Å². The lowest BCUT2D eigenvalue weighted by molar-refractivity contribution is 0.242. The number of rotatable bonds is 4. The molecule has 2 heterocycles. The monoisotopic (exact) mass is 381 g/mol. The van der Waals surface area contributed by atoms with Crippen LogP contribution in [-0.2, 0) is 6.42 Å². The van der Waals surface area contributed by atoms with E-state index < -0.39 is 0 Å². The Hall–Kier alpha value is -1.98.